The van der Waals surface area contributed by atoms with Crippen molar-refractivity contribution in [2.45, 2.75) is 96.8 Å². The fourth-order valence-corrected chi connectivity index (χ4v) is 4.65. The van der Waals surface area contributed by atoms with Crippen LogP contribution in [-0.4, -0.2) is 5.11 Å². The second-order valence-electron chi connectivity index (χ2n) is 10.8. The molecule has 1 nitrogen and oxygen atoms in total. The Labute approximate surface area is 172 Å². The normalized spacial score (nSPS) is 16.4. The van der Waals surface area contributed by atoms with Crippen LogP contribution in [0.4, 0.5) is 0 Å². The van der Waals surface area contributed by atoms with E-state index >= 15 is 0 Å². The predicted molar refractivity (Wildman–Crippen MR) is 121 cm³/mol. The molecule has 0 spiro atoms. The number of rotatable bonds is 3. The van der Waals surface area contributed by atoms with Crippen molar-refractivity contribution >= 4 is 0 Å². The largest absolute Gasteiger partial charge is 0.508 e. The highest BCUT2D eigenvalue weighted by molar-refractivity contribution is 5.45. The summed E-state index contributed by atoms with van der Waals surface area (Å²) in [4.78, 5) is 0. The molecule has 0 atom stereocenters. The zero-order valence-electron chi connectivity index (χ0n) is 18.7. The highest BCUT2D eigenvalue weighted by atomic mass is 16.3. The van der Waals surface area contributed by atoms with E-state index in [2.05, 4.69) is 71.9 Å². The van der Waals surface area contributed by atoms with Gasteiger partial charge in [-0.2, -0.15) is 0 Å². The first-order chi connectivity index (χ1) is 13.1. The minimum Gasteiger partial charge on any atom is -0.508 e. The van der Waals surface area contributed by atoms with Gasteiger partial charge in [0.1, 0.15) is 5.75 Å². The van der Waals surface area contributed by atoms with Crippen molar-refractivity contribution in [3.8, 4) is 5.75 Å². The van der Waals surface area contributed by atoms with Gasteiger partial charge in [0.25, 0.3) is 0 Å². The van der Waals surface area contributed by atoms with Gasteiger partial charge in [-0.25, -0.2) is 0 Å². The molecule has 1 aliphatic carbocycles. The molecule has 1 N–H and O–H groups in total. The number of phenols is 1. The molecular formula is C27H38O. The van der Waals surface area contributed by atoms with Gasteiger partial charge in [-0.1, -0.05) is 91.1 Å². The van der Waals surface area contributed by atoms with Crippen LogP contribution in [0.3, 0.4) is 0 Å². The maximum atomic E-state index is 10.3. The molecule has 1 heteroatoms. The van der Waals surface area contributed by atoms with Crippen LogP contribution in [0.2, 0.25) is 0 Å². The molecule has 1 saturated carbocycles. The third-order valence-corrected chi connectivity index (χ3v) is 6.28. The first-order valence-electron chi connectivity index (χ1n) is 11.0. The van der Waals surface area contributed by atoms with Crippen LogP contribution in [0, 0.1) is 0 Å². The topological polar surface area (TPSA) is 20.2 Å². The fraction of sp³-hybridized carbons (Fsp3) is 0.556. The summed E-state index contributed by atoms with van der Waals surface area (Å²) in [5.41, 5.74) is 6.80. The Bertz CT molecular complexity index is 811. The molecule has 1 fully saturated rings. The average Bonchev–Trinajstić information content (AvgIpc) is 2.62. The number of hydrogen-bond donors (Lipinski definition) is 1. The van der Waals surface area contributed by atoms with E-state index in [-0.39, 0.29) is 10.8 Å². The lowest BCUT2D eigenvalue weighted by Gasteiger charge is -2.28. The first-order valence-corrected chi connectivity index (χ1v) is 11.0. The SMILES string of the molecule is CC(C)(C)c1cc(Cc2ccc(C3CCCCC3)cc2C(C)(C)C)ccc1O. The minimum atomic E-state index is -0.0577. The van der Waals surface area contributed by atoms with E-state index in [1.165, 1.54) is 54.4 Å². The Morgan fingerprint density at radius 2 is 1.43 bits per heavy atom. The molecule has 2 aromatic rings. The Morgan fingerprint density at radius 1 is 0.786 bits per heavy atom. The van der Waals surface area contributed by atoms with E-state index < -0.39 is 0 Å². The van der Waals surface area contributed by atoms with Crippen molar-refractivity contribution in [2.75, 3.05) is 0 Å². The van der Waals surface area contributed by atoms with Gasteiger partial charge in [0.2, 0.25) is 0 Å². The first kappa shape index (κ1) is 21.0. The summed E-state index contributed by atoms with van der Waals surface area (Å²) < 4.78 is 0. The molecular weight excluding hydrogens is 340 g/mol. The Balaban J connectivity index is 1.95. The van der Waals surface area contributed by atoms with Gasteiger partial charge < -0.3 is 5.11 Å². The van der Waals surface area contributed by atoms with Crippen LogP contribution in [0.5, 0.6) is 5.75 Å². The molecule has 0 saturated heterocycles. The standard InChI is InChI=1S/C27H38O/c1-26(2,3)23-18-21(20-10-8-7-9-11-20)13-14-22(23)16-19-12-15-25(28)24(17-19)27(4,5)6/h12-15,17-18,20,28H,7-11,16H2,1-6H3. The second kappa shape index (κ2) is 7.93. The van der Waals surface area contributed by atoms with Crippen molar-refractivity contribution in [2.24, 2.45) is 0 Å². The zero-order valence-corrected chi connectivity index (χ0v) is 18.7. The van der Waals surface area contributed by atoms with E-state index in [4.69, 9.17) is 0 Å². The lowest BCUT2D eigenvalue weighted by molar-refractivity contribution is 0.442. The van der Waals surface area contributed by atoms with Crippen LogP contribution < -0.4 is 0 Å². The van der Waals surface area contributed by atoms with Crippen molar-refractivity contribution in [3.05, 3.63) is 64.2 Å². The molecule has 0 aliphatic heterocycles. The molecule has 0 unspecified atom stereocenters. The molecule has 0 aromatic heterocycles. The van der Waals surface area contributed by atoms with Gasteiger partial charge in [-0.3, -0.25) is 0 Å². The third-order valence-electron chi connectivity index (χ3n) is 6.28. The predicted octanol–water partition coefficient (Wildman–Crippen LogP) is 7.63. The summed E-state index contributed by atoms with van der Waals surface area (Å²) in [7, 11) is 0. The van der Waals surface area contributed by atoms with Gasteiger partial charge in [-0.15, -0.1) is 0 Å². The number of hydrogen-bond acceptors (Lipinski definition) is 1. The van der Waals surface area contributed by atoms with Crippen LogP contribution in [-0.2, 0) is 17.3 Å². The average molecular weight is 379 g/mol. The molecule has 1 aliphatic rings. The van der Waals surface area contributed by atoms with Crippen molar-refractivity contribution < 1.29 is 5.11 Å². The second-order valence-corrected chi connectivity index (χ2v) is 10.8. The molecule has 0 radical (unpaired) electrons. The molecule has 3 rings (SSSR count). The summed E-state index contributed by atoms with van der Waals surface area (Å²) in [6, 6.07) is 13.4. The van der Waals surface area contributed by atoms with Gasteiger partial charge in [0.05, 0.1) is 0 Å². The minimum absolute atomic E-state index is 0.0577. The maximum Gasteiger partial charge on any atom is 0.119 e. The van der Waals surface area contributed by atoms with Gasteiger partial charge in [0.15, 0.2) is 0 Å². The third kappa shape index (κ3) is 4.80. The van der Waals surface area contributed by atoms with Gasteiger partial charge >= 0.3 is 0 Å². The van der Waals surface area contributed by atoms with Crippen LogP contribution in [0.25, 0.3) is 0 Å². The zero-order chi connectivity index (χ0) is 20.5. The number of phenolic OH excluding ortho intramolecular Hbond substituents is 1. The van der Waals surface area contributed by atoms with Crippen molar-refractivity contribution in [1.29, 1.82) is 0 Å². The van der Waals surface area contributed by atoms with Gasteiger partial charge in [0, 0.05) is 0 Å². The summed E-state index contributed by atoms with van der Waals surface area (Å²) in [6.45, 7) is 13.5. The molecule has 0 amide bonds. The highest BCUT2D eigenvalue weighted by Gasteiger charge is 2.23. The molecule has 2 aromatic carbocycles. The fourth-order valence-electron chi connectivity index (χ4n) is 4.65. The maximum absolute atomic E-state index is 10.3. The Hall–Kier alpha value is -1.76. The smallest absolute Gasteiger partial charge is 0.119 e. The van der Waals surface area contributed by atoms with Crippen molar-refractivity contribution in [3.63, 3.8) is 0 Å². The molecule has 0 heterocycles. The summed E-state index contributed by atoms with van der Waals surface area (Å²) in [6.07, 6.45) is 7.75. The molecule has 152 valence electrons. The van der Waals surface area contributed by atoms with E-state index in [9.17, 15) is 5.11 Å². The summed E-state index contributed by atoms with van der Waals surface area (Å²) >= 11 is 0. The quantitative estimate of drug-likeness (QED) is 0.582. The van der Waals surface area contributed by atoms with E-state index in [0.717, 1.165) is 17.9 Å². The summed E-state index contributed by atoms with van der Waals surface area (Å²) in [5, 5.41) is 10.3. The Kier molecular flexibility index (Phi) is 5.94. The monoisotopic (exact) mass is 378 g/mol. The van der Waals surface area contributed by atoms with Gasteiger partial charge in [-0.05, 0) is 69.9 Å². The lowest BCUT2D eigenvalue weighted by Crippen LogP contribution is -2.16. The Morgan fingerprint density at radius 3 is 2.04 bits per heavy atom. The van der Waals surface area contributed by atoms with Crippen LogP contribution in [0.15, 0.2) is 36.4 Å². The lowest BCUT2D eigenvalue weighted by atomic mass is 9.77. The van der Waals surface area contributed by atoms with E-state index in [0.29, 0.717) is 5.75 Å². The number of benzene rings is 2. The van der Waals surface area contributed by atoms with E-state index in [1.807, 2.05) is 6.07 Å². The number of aromatic hydroxyl groups is 1. The summed E-state index contributed by atoms with van der Waals surface area (Å²) in [5.74, 6) is 1.14. The van der Waals surface area contributed by atoms with Crippen molar-refractivity contribution in [1.82, 2.24) is 0 Å². The molecule has 0 bridgehead atoms. The molecule has 28 heavy (non-hydrogen) atoms. The van der Waals surface area contributed by atoms with E-state index in [1.54, 1.807) is 0 Å². The highest BCUT2D eigenvalue weighted by Crippen LogP contribution is 2.37. The van der Waals surface area contributed by atoms with Crippen LogP contribution >= 0.6 is 0 Å². The van der Waals surface area contributed by atoms with Crippen LogP contribution in [0.1, 0.15) is 107 Å².